The maximum atomic E-state index is 2.47. The second-order valence-electron chi connectivity index (χ2n) is 8.77. The van der Waals surface area contributed by atoms with Gasteiger partial charge in [0.05, 0.1) is 0 Å². The highest BCUT2D eigenvalue weighted by Crippen LogP contribution is 2.36. The molecule has 0 bridgehead atoms. The largest absolute Gasteiger partial charge is 0.318 e. The van der Waals surface area contributed by atoms with E-state index in [1.54, 1.807) is 0 Å². The van der Waals surface area contributed by atoms with Crippen LogP contribution in [0.25, 0.3) is 0 Å². The van der Waals surface area contributed by atoms with E-state index in [9.17, 15) is 0 Å². The molecule has 0 heterocycles. The summed E-state index contributed by atoms with van der Waals surface area (Å²) in [5.41, 5.74) is 5.98. The van der Waals surface area contributed by atoms with Crippen molar-refractivity contribution in [1.82, 2.24) is 0 Å². The molecule has 0 nitrogen and oxygen atoms in total. The van der Waals surface area contributed by atoms with Crippen LogP contribution in [0.3, 0.4) is 0 Å². The Bertz CT molecular complexity index is 863. The molecule has 0 spiro atoms. The van der Waals surface area contributed by atoms with E-state index < -0.39 is 0 Å². The minimum absolute atomic E-state index is 0.311. The van der Waals surface area contributed by atoms with Gasteiger partial charge in [-0.15, -0.1) is 0 Å². The number of hydrogen-bond donors (Lipinski definition) is 0. The van der Waals surface area contributed by atoms with Crippen molar-refractivity contribution in [3.05, 3.63) is 89.5 Å². The highest BCUT2D eigenvalue weighted by Gasteiger charge is 2.29. The molecule has 0 saturated carbocycles. The van der Waals surface area contributed by atoms with Gasteiger partial charge in [-0.05, 0) is 74.0 Å². The quantitative estimate of drug-likeness (QED) is 0.328. The number of rotatable bonds is 8. The van der Waals surface area contributed by atoms with Gasteiger partial charge in [0.25, 0.3) is 0 Å². The maximum absolute atomic E-state index is 2.47. The van der Waals surface area contributed by atoms with Gasteiger partial charge in [0.15, 0.2) is 0 Å². The van der Waals surface area contributed by atoms with Crippen LogP contribution >= 0.6 is 23.2 Å². The molecule has 0 saturated heterocycles. The molecule has 3 rings (SSSR count). The lowest BCUT2D eigenvalue weighted by Crippen LogP contribution is -2.33. The fourth-order valence-corrected chi connectivity index (χ4v) is 6.43. The topological polar surface area (TPSA) is 0 Å². The molecule has 0 fully saturated rings. The Morgan fingerprint density at radius 2 is 0.967 bits per heavy atom. The highest BCUT2D eigenvalue weighted by molar-refractivity contribution is 8.55. The van der Waals surface area contributed by atoms with Gasteiger partial charge < -0.3 is 0 Å². The molecule has 0 amide bonds. The molecular formula is C27H33BS2. The average Bonchev–Trinajstić information content (AvgIpc) is 2.73. The molecular weight excluding hydrogens is 399 g/mol. The fraction of sp³-hybridized carbons (Fsp3) is 0.333. The molecule has 0 radical (unpaired) electrons. The molecule has 30 heavy (non-hydrogen) atoms. The zero-order valence-corrected chi connectivity index (χ0v) is 20.7. The van der Waals surface area contributed by atoms with E-state index in [2.05, 4.69) is 114 Å². The maximum Gasteiger partial charge on any atom is 0.318 e. The van der Waals surface area contributed by atoms with E-state index in [-0.39, 0.29) is 0 Å². The Morgan fingerprint density at radius 1 is 0.567 bits per heavy atom. The number of hydrogen-bond acceptors (Lipinski definition) is 2. The average molecular weight is 433 g/mol. The fourth-order valence-electron chi connectivity index (χ4n) is 3.67. The van der Waals surface area contributed by atoms with Crippen molar-refractivity contribution in [1.29, 1.82) is 0 Å². The second kappa shape index (κ2) is 10.6. The second-order valence-corrected chi connectivity index (χ2v) is 11.4. The summed E-state index contributed by atoms with van der Waals surface area (Å²) in [5.74, 6) is 1.52. The molecule has 0 aliphatic heterocycles. The predicted octanol–water partition coefficient (Wildman–Crippen LogP) is 8.34. The molecule has 0 unspecified atom stereocenters. The van der Waals surface area contributed by atoms with Crippen LogP contribution in [0.2, 0.25) is 0 Å². The van der Waals surface area contributed by atoms with Crippen molar-refractivity contribution in [2.24, 2.45) is 0 Å². The molecule has 3 aromatic carbocycles. The highest BCUT2D eigenvalue weighted by atomic mass is 32.2. The summed E-state index contributed by atoms with van der Waals surface area (Å²) in [6, 6.07) is 26.6. The molecule has 0 N–H and O–H groups in total. The minimum atomic E-state index is 0.311. The molecule has 0 aromatic heterocycles. The van der Waals surface area contributed by atoms with Crippen LogP contribution in [0.5, 0.6) is 0 Å². The SMILES string of the molecule is CC(C)c1cc(C(C)C)c(B(Sc2ccccc2)Sc2ccccc2)c(C(C)C)c1. The van der Waals surface area contributed by atoms with Crippen molar-refractivity contribution in [3.63, 3.8) is 0 Å². The molecule has 3 heteroatoms. The van der Waals surface area contributed by atoms with Crippen LogP contribution in [-0.4, -0.2) is 5.27 Å². The van der Waals surface area contributed by atoms with Gasteiger partial charge in [0, 0.05) is 0 Å². The zero-order chi connectivity index (χ0) is 21.7. The molecule has 0 aliphatic rings. The first-order chi connectivity index (χ1) is 14.4. The van der Waals surface area contributed by atoms with E-state index in [0.29, 0.717) is 23.0 Å². The third kappa shape index (κ3) is 5.77. The van der Waals surface area contributed by atoms with Crippen LogP contribution in [0.1, 0.15) is 76.0 Å². The van der Waals surface area contributed by atoms with Gasteiger partial charge >= 0.3 is 5.27 Å². The summed E-state index contributed by atoms with van der Waals surface area (Å²) < 4.78 is 0. The Balaban J connectivity index is 2.17. The van der Waals surface area contributed by atoms with Crippen molar-refractivity contribution >= 4 is 34.0 Å². The van der Waals surface area contributed by atoms with E-state index >= 15 is 0 Å². The summed E-state index contributed by atoms with van der Waals surface area (Å²) in [5, 5.41) is 0.311. The Labute approximate surface area is 192 Å². The Hall–Kier alpha value is -1.58. The summed E-state index contributed by atoms with van der Waals surface area (Å²) in [6.07, 6.45) is 0. The van der Waals surface area contributed by atoms with Gasteiger partial charge in [-0.25, -0.2) is 0 Å². The Morgan fingerprint density at radius 3 is 1.30 bits per heavy atom. The lowest BCUT2D eigenvalue weighted by atomic mass is 9.74. The van der Waals surface area contributed by atoms with E-state index in [0.717, 1.165) is 0 Å². The third-order valence-corrected chi connectivity index (χ3v) is 7.95. The van der Waals surface area contributed by atoms with Gasteiger partial charge in [-0.3, -0.25) is 0 Å². The van der Waals surface area contributed by atoms with Crippen molar-refractivity contribution < 1.29 is 0 Å². The van der Waals surface area contributed by atoms with E-state index in [1.165, 1.54) is 31.9 Å². The smallest absolute Gasteiger partial charge is 0.154 e. The first-order valence-electron chi connectivity index (χ1n) is 11.0. The van der Waals surface area contributed by atoms with Crippen molar-refractivity contribution in [2.75, 3.05) is 0 Å². The summed E-state index contributed by atoms with van der Waals surface area (Å²) >= 11 is 3.95. The van der Waals surface area contributed by atoms with Gasteiger partial charge in [0.2, 0.25) is 0 Å². The van der Waals surface area contributed by atoms with Crippen molar-refractivity contribution in [2.45, 2.75) is 69.1 Å². The monoisotopic (exact) mass is 432 g/mol. The van der Waals surface area contributed by atoms with E-state index in [4.69, 9.17) is 0 Å². The number of benzene rings is 3. The van der Waals surface area contributed by atoms with Gasteiger partial charge in [-0.2, -0.15) is 23.2 Å². The lowest BCUT2D eigenvalue weighted by Gasteiger charge is -2.26. The molecule has 0 aliphatic carbocycles. The van der Waals surface area contributed by atoms with Crippen LogP contribution in [0.4, 0.5) is 0 Å². The van der Waals surface area contributed by atoms with Crippen LogP contribution in [0.15, 0.2) is 82.6 Å². The minimum Gasteiger partial charge on any atom is -0.154 e. The third-order valence-electron chi connectivity index (χ3n) is 5.39. The first-order valence-corrected chi connectivity index (χ1v) is 12.7. The summed E-state index contributed by atoms with van der Waals surface area (Å²) in [7, 11) is 0. The summed E-state index contributed by atoms with van der Waals surface area (Å²) in [6.45, 7) is 14.0. The first kappa shape index (κ1) is 23.1. The molecule has 0 atom stereocenters. The summed E-state index contributed by atoms with van der Waals surface area (Å²) in [4.78, 5) is 2.64. The standard InChI is InChI=1S/C27H33BS2/c1-19(2)22-17-25(20(3)4)27(26(18-22)21(5)6)28(29-23-13-9-7-10-14-23)30-24-15-11-8-12-16-24/h7-21H,1-6H3. The zero-order valence-electron chi connectivity index (χ0n) is 19.1. The molecule has 3 aromatic rings. The normalized spacial score (nSPS) is 11.5. The Kier molecular flexibility index (Phi) is 8.19. The van der Waals surface area contributed by atoms with E-state index in [1.807, 2.05) is 23.2 Å². The molecule has 156 valence electrons. The van der Waals surface area contributed by atoms with Crippen LogP contribution < -0.4 is 5.46 Å². The van der Waals surface area contributed by atoms with Gasteiger partial charge in [-0.1, -0.05) is 90.1 Å². The van der Waals surface area contributed by atoms with Crippen molar-refractivity contribution in [3.8, 4) is 0 Å². The van der Waals surface area contributed by atoms with Crippen LogP contribution in [0, 0.1) is 0 Å². The lowest BCUT2D eigenvalue weighted by molar-refractivity contribution is 0.813. The van der Waals surface area contributed by atoms with Gasteiger partial charge in [0.1, 0.15) is 0 Å². The predicted molar refractivity (Wildman–Crippen MR) is 139 cm³/mol. The van der Waals surface area contributed by atoms with Crippen LogP contribution in [-0.2, 0) is 0 Å².